The third-order valence-corrected chi connectivity index (χ3v) is 2.43. The van der Waals surface area contributed by atoms with Crippen molar-refractivity contribution in [1.82, 2.24) is 15.3 Å². The lowest BCUT2D eigenvalue weighted by molar-refractivity contribution is 0.0689. The van der Waals surface area contributed by atoms with Gasteiger partial charge in [-0.1, -0.05) is 0 Å². The minimum atomic E-state index is -1.17. The van der Waals surface area contributed by atoms with Gasteiger partial charge in [0.1, 0.15) is 5.82 Å². The number of carbonyl (C=O) groups is 1. The molecule has 1 atom stereocenters. The summed E-state index contributed by atoms with van der Waals surface area (Å²) in [6, 6.07) is 0.994. The monoisotopic (exact) mass is 209 g/mol. The van der Waals surface area contributed by atoms with Gasteiger partial charge in [0.05, 0.1) is 0 Å². The van der Waals surface area contributed by atoms with Crippen LogP contribution in [0.1, 0.15) is 28.7 Å². The minimum absolute atomic E-state index is 0.108. The van der Waals surface area contributed by atoms with E-state index in [1.165, 1.54) is 0 Å². The zero-order valence-electron chi connectivity index (χ0n) is 7.99. The van der Waals surface area contributed by atoms with Gasteiger partial charge in [0.2, 0.25) is 0 Å². The number of rotatable bonds is 2. The first-order valence-corrected chi connectivity index (χ1v) is 4.72. The Labute approximate surface area is 85.4 Å². The molecule has 80 valence electrons. The molecule has 1 aromatic heterocycles. The molecule has 0 spiro atoms. The molecule has 1 aliphatic heterocycles. The number of nitrogens with zero attached hydrogens (tertiary/aromatic N) is 1. The predicted molar refractivity (Wildman–Crippen MR) is 52.0 cm³/mol. The first-order chi connectivity index (χ1) is 7.16. The Hall–Kier alpha value is -1.69. The van der Waals surface area contributed by atoms with Crippen LogP contribution in [0.15, 0.2) is 10.9 Å². The Morgan fingerprint density at radius 2 is 2.40 bits per heavy atom. The summed E-state index contributed by atoms with van der Waals surface area (Å²) < 4.78 is 0. The zero-order valence-corrected chi connectivity index (χ0v) is 7.99. The van der Waals surface area contributed by atoms with Crippen LogP contribution in [-0.4, -0.2) is 34.1 Å². The van der Waals surface area contributed by atoms with Gasteiger partial charge in [-0.15, -0.1) is 0 Å². The van der Waals surface area contributed by atoms with Gasteiger partial charge in [0, 0.05) is 18.5 Å². The third-order valence-electron chi connectivity index (χ3n) is 2.43. The Kier molecular flexibility index (Phi) is 2.51. The predicted octanol–water partition coefficient (Wildman–Crippen LogP) is -0.455. The fourth-order valence-corrected chi connectivity index (χ4v) is 1.67. The largest absolute Gasteiger partial charge is 0.477 e. The van der Waals surface area contributed by atoms with Crippen LogP contribution in [0.5, 0.6) is 0 Å². The van der Waals surface area contributed by atoms with E-state index >= 15 is 0 Å². The van der Waals surface area contributed by atoms with E-state index in [-0.39, 0.29) is 11.6 Å². The highest BCUT2D eigenvalue weighted by molar-refractivity contribution is 5.85. The van der Waals surface area contributed by atoms with Gasteiger partial charge in [-0.3, -0.25) is 4.79 Å². The van der Waals surface area contributed by atoms with Crippen molar-refractivity contribution in [2.75, 3.05) is 13.1 Å². The number of carboxylic acid groups (broad SMARTS) is 1. The standard InChI is InChI=1S/C9H11N3O3/c13-7-3-6(9(14)15)11-8(12-7)5-1-2-10-4-5/h3,5,10H,1-2,4H2,(H,14,15)(H,11,12,13). The number of aromatic carboxylic acids is 1. The van der Waals surface area contributed by atoms with E-state index in [4.69, 9.17) is 5.11 Å². The van der Waals surface area contributed by atoms with Gasteiger partial charge < -0.3 is 15.4 Å². The second kappa shape index (κ2) is 3.82. The Morgan fingerprint density at radius 1 is 1.60 bits per heavy atom. The van der Waals surface area contributed by atoms with E-state index in [0.29, 0.717) is 5.82 Å². The van der Waals surface area contributed by atoms with Gasteiger partial charge in [0.25, 0.3) is 5.56 Å². The van der Waals surface area contributed by atoms with Crippen molar-refractivity contribution in [2.24, 2.45) is 0 Å². The first kappa shape index (κ1) is 9.85. The Bertz CT molecular complexity index is 434. The van der Waals surface area contributed by atoms with Gasteiger partial charge >= 0.3 is 5.97 Å². The van der Waals surface area contributed by atoms with E-state index in [9.17, 15) is 9.59 Å². The fraction of sp³-hybridized carbons (Fsp3) is 0.444. The van der Waals surface area contributed by atoms with E-state index in [1.807, 2.05) is 0 Å². The molecule has 1 unspecified atom stereocenters. The topological polar surface area (TPSA) is 95.1 Å². The Morgan fingerprint density at radius 3 is 3.00 bits per heavy atom. The van der Waals surface area contributed by atoms with Crippen molar-refractivity contribution in [3.05, 3.63) is 27.9 Å². The second-order valence-electron chi connectivity index (χ2n) is 3.51. The minimum Gasteiger partial charge on any atom is -0.477 e. The zero-order chi connectivity index (χ0) is 10.8. The van der Waals surface area contributed by atoms with E-state index in [2.05, 4.69) is 15.3 Å². The molecular weight excluding hydrogens is 198 g/mol. The molecule has 0 aliphatic carbocycles. The van der Waals surface area contributed by atoms with Gasteiger partial charge in [-0.05, 0) is 13.0 Å². The SMILES string of the molecule is O=C(O)c1cc(=O)[nH]c(C2CCNC2)n1. The number of nitrogens with one attached hydrogen (secondary N) is 2. The van der Waals surface area contributed by atoms with Gasteiger partial charge in [-0.25, -0.2) is 9.78 Å². The average Bonchev–Trinajstić information content (AvgIpc) is 2.69. The van der Waals surface area contributed by atoms with Crippen LogP contribution in [0.2, 0.25) is 0 Å². The van der Waals surface area contributed by atoms with Crippen LogP contribution < -0.4 is 10.9 Å². The molecule has 1 aliphatic rings. The summed E-state index contributed by atoms with van der Waals surface area (Å²) in [5, 5.41) is 11.9. The molecule has 1 fully saturated rings. The molecular formula is C9H11N3O3. The lowest BCUT2D eigenvalue weighted by atomic mass is 10.1. The lowest BCUT2D eigenvalue weighted by Gasteiger charge is -2.07. The number of aromatic nitrogens is 2. The van der Waals surface area contributed by atoms with Crippen LogP contribution in [0.25, 0.3) is 0 Å². The lowest BCUT2D eigenvalue weighted by Crippen LogP contribution is -2.19. The summed E-state index contributed by atoms with van der Waals surface area (Å²) >= 11 is 0. The maximum atomic E-state index is 11.2. The number of carboxylic acids is 1. The van der Waals surface area contributed by atoms with Crippen LogP contribution in [-0.2, 0) is 0 Å². The summed E-state index contributed by atoms with van der Waals surface area (Å²) in [4.78, 5) is 28.4. The molecule has 1 saturated heterocycles. The maximum Gasteiger partial charge on any atom is 0.354 e. The van der Waals surface area contributed by atoms with Crippen molar-refractivity contribution in [3.63, 3.8) is 0 Å². The van der Waals surface area contributed by atoms with Crippen molar-refractivity contribution in [1.29, 1.82) is 0 Å². The highest BCUT2D eigenvalue weighted by Gasteiger charge is 2.20. The van der Waals surface area contributed by atoms with Crippen LogP contribution in [0.4, 0.5) is 0 Å². The molecule has 1 aromatic rings. The molecule has 3 N–H and O–H groups in total. The smallest absolute Gasteiger partial charge is 0.354 e. The van der Waals surface area contributed by atoms with E-state index < -0.39 is 11.5 Å². The summed E-state index contributed by atoms with van der Waals surface area (Å²) in [6.07, 6.45) is 0.867. The van der Waals surface area contributed by atoms with E-state index in [0.717, 1.165) is 25.6 Å². The molecule has 0 aromatic carbocycles. The molecule has 6 nitrogen and oxygen atoms in total. The second-order valence-corrected chi connectivity index (χ2v) is 3.51. The maximum absolute atomic E-state index is 11.2. The normalized spacial score (nSPS) is 20.4. The van der Waals surface area contributed by atoms with Crippen LogP contribution in [0, 0.1) is 0 Å². The fourth-order valence-electron chi connectivity index (χ4n) is 1.67. The van der Waals surface area contributed by atoms with Crippen LogP contribution in [0.3, 0.4) is 0 Å². The number of hydrogen-bond donors (Lipinski definition) is 3. The average molecular weight is 209 g/mol. The number of aromatic amines is 1. The van der Waals surface area contributed by atoms with Crippen molar-refractivity contribution in [2.45, 2.75) is 12.3 Å². The molecule has 0 amide bonds. The molecule has 0 bridgehead atoms. The molecule has 15 heavy (non-hydrogen) atoms. The highest BCUT2D eigenvalue weighted by Crippen LogP contribution is 2.17. The highest BCUT2D eigenvalue weighted by atomic mass is 16.4. The van der Waals surface area contributed by atoms with Gasteiger partial charge in [-0.2, -0.15) is 0 Å². The summed E-state index contributed by atoms with van der Waals surface area (Å²) in [7, 11) is 0. The Balaban J connectivity index is 2.38. The molecule has 2 rings (SSSR count). The molecule has 0 radical (unpaired) electrons. The summed E-state index contributed by atoms with van der Waals surface area (Å²) in [5.74, 6) is -0.602. The van der Waals surface area contributed by atoms with E-state index in [1.54, 1.807) is 0 Å². The summed E-state index contributed by atoms with van der Waals surface area (Å²) in [5.41, 5.74) is -0.607. The molecule has 6 heteroatoms. The third kappa shape index (κ3) is 2.04. The molecule has 0 saturated carbocycles. The van der Waals surface area contributed by atoms with Crippen molar-refractivity contribution in [3.8, 4) is 0 Å². The van der Waals surface area contributed by atoms with Crippen LogP contribution >= 0.6 is 0 Å². The number of H-pyrrole nitrogens is 1. The first-order valence-electron chi connectivity index (χ1n) is 4.72. The summed E-state index contributed by atoms with van der Waals surface area (Å²) in [6.45, 7) is 1.59. The quantitative estimate of drug-likeness (QED) is 0.613. The molecule has 2 heterocycles. The number of hydrogen-bond acceptors (Lipinski definition) is 4. The van der Waals surface area contributed by atoms with Crippen molar-refractivity contribution < 1.29 is 9.90 Å². The van der Waals surface area contributed by atoms with Crippen molar-refractivity contribution >= 4 is 5.97 Å². The van der Waals surface area contributed by atoms with Gasteiger partial charge in [0.15, 0.2) is 5.69 Å².